The molecule has 0 saturated carbocycles. The minimum Gasteiger partial charge on any atom is -0.465 e. The predicted octanol–water partition coefficient (Wildman–Crippen LogP) is 7.49. The van der Waals surface area contributed by atoms with E-state index in [2.05, 4.69) is 4.74 Å². The molecule has 12 heteroatoms. The summed E-state index contributed by atoms with van der Waals surface area (Å²) in [5, 5.41) is 0.152. The highest BCUT2D eigenvalue weighted by molar-refractivity contribution is 6.18. The van der Waals surface area contributed by atoms with E-state index in [9.17, 15) is 49.1 Å². The van der Waals surface area contributed by atoms with Crippen LogP contribution in [-0.4, -0.2) is 25.0 Å². The van der Waals surface area contributed by atoms with Crippen molar-refractivity contribution in [1.82, 2.24) is 0 Å². The number of benzene rings is 3. The second kappa shape index (κ2) is 9.32. The van der Waals surface area contributed by atoms with Gasteiger partial charge in [-0.25, -0.2) is 4.79 Å². The van der Waals surface area contributed by atoms with E-state index in [4.69, 9.17) is 0 Å². The Balaban J connectivity index is 2.25. The fourth-order valence-electron chi connectivity index (χ4n) is 3.45. The fraction of sp³-hybridized carbons (Fsp3) is 0.167. The van der Waals surface area contributed by atoms with Gasteiger partial charge in [-0.1, -0.05) is 24.3 Å². The first kappa shape index (κ1) is 26.8. The molecule has 0 spiro atoms. The summed E-state index contributed by atoms with van der Waals surface area (Å²) in [6.45, 7) is 0. The number of ketones is 1. The lowest BCUT2D eigenvalue weighted by Gasteiger charge is -2.17. The molecule has 0 saturated heterocycles. The van der Waals surface area contributed by atoms with Crippen molar-refractivity contribution >= 4 is 28.1 Å². The third-order valence-corrected chi connectivity index (χ3v) is 5.07. The van der Waals surface area contributed by atoms with Crippen LogP contribution in [0.4, 0.5) is 39.5 Å². The number of esters is 1. The molecule has 0 aliphatic rings. The number of allylic oxidation sites excluding steroid dienone is 2. The lowest BCUT2D eigenvalue weighted by atomic mass is 9.94. The molecule has 36 heavy (non-hydrogen) atoms. The third kappa shape index (κ3) is 5.52. The standard InChI is InChI=1S/C24H13F9O3/c1-36-21(35)18-7-6-17(15-4-2-3-5-16(15)18)20(34)11-19(24(31,32)33)12-8-13(22(25,26)27)10-14(9-12)23(28,29)30/h2-11H,1H3/b19-11+. The first-order valence-corrected chi connectivity index (χ1v) is 9.77. The molecular weight excluding hydrogens is 507 g/mol. The molecule has 0 aliphatic carbocycles. The summed E-state index contributed by atoms with van der Waals surface area (Å²) >= 11 is 0. The Hall–Kier alpha value is -3.83. The number of carbonyl (C=O) groups is 2. The van der Waals surface area contributed by atoms with Gasteiger partial charge in [0.05, 0.1) is 29.4 Å². The molecule has 190 valence electrons. The second-order valence-corrected chi connectivity index (χ2v) is 7.41. The molecule has 0 aliphatic heterocycles. The van der Waals surface area contributed by atoms with Gasteiger partial charge in [-0.2, -0.15) is 39.5 Å². The maximum Gasteiger partial charge on any atom is 0.417 e. The number of ether oxygens (including phenoxy) is 1. The van der Waals surface area contributed by atoms with Gasteiger partial charge in [0.25, 0.3) is 0 Å². The van der Waals surface area contributed by atoms with Crippen LogP contribution >= 0.6 is 0 Å². The van der Waals surface area contributed by atoms with Crippen LogP contribution in [0, 0.1) is 0 Å². The van der Waals surface area contributed by atoms with Gasteiger partial charge in [0.2, 0.25) is 0 Å². The van der Waals surface area contributed by atoms with E-state index >= 15 is 0 Å². The summed E-state index contributed by atoms with van der Waals surface area (Å²) in [7, 11) is 1.08. The van der Waals surface area contributed by atoms with Crippen LogP contribution in [0.5, 0.6) is 0 Å². The van der Waals surface area contributed by atoms with Crippen LogP contribution in [-0.2, 0) is 17.1 Å². The molecule has 3 aromatic carbocycles. The zero-order valence-electron chi connectivity index (χ0n) is 17.9. The first-order valence-electron chi connectivity index (χ1n) is 9.77. The number of rotatable bonds is 4. The maximum atomic E-state index is 13.8. The Morgan fingerprint density at radius 2 is 1.19 bits per heavy atom. The molecule has 0 unspecified atom stereocenters. The van der Waals surface area contributed by atoms with E-state index in [-0.39, 0.29) is 46.2 Å². The van der Waals surface area contributed by atoms with E-state index in [0.29, 0.717) is 0 Å². The minimum absolute atomic E-state index is 0.0163. The lowest BCUT2D eigenvalue weighted by Crippen LogP contribution is -2.16. The zero-order chi connectivity index (χ0) is 27.1. The van der Waals surface area contributed by atoms with E-state index in [1.807, 2.05) is 0 Å². The quantitative estimate of drug-likeness (QED) is 0.155. The molecule has 3 aromatic rings. The number of fused-ring (bicyclic) bond motifs is 1. The SMILES string of the molecule is COC(=O)c1ccc(C(=O)/C=C(\c2cc(C(F)(F)F)cc(C(F)(F)F)c2)C(F)(F)F)c2ccccc12. The minimum atomic E-state index is -5.50. The van der Waals surface area contributed by atoms with E-state index < -0.39 is 52.5 Å². The first-order chi connectivity index (χ1) is 16.5. The topological polar surface area (TPSA) is 43.4 Å². The van der Waals surface area contributed by atoms with Crippen molar-refractivity contribution in [2.24, 2.45) is 0 Å². The molecule has 0 bridgehead atoms. The third-order valence-electron chi connectivity index (χ3n) is 5.07. The van der Waals surface area contributed by atoms with Crippen molar-refractivity contribution < 1.29 is 53.8 Å². The van der Waals surface area contributed by atoms with E-state index in [1.54, 1.807) is 0 Å². The summed E-state index contributed by atoms with van der Waals surface area (Å²) in [4.78, 5) is 24.8. The molecule has 0 aromatic heterocycles. The van der Waals surface area contributed by atoms with E-state index in [0.717, 1.165) is 19.2 Å². The highest BCUT2D eigenvalue weighted by Gasteiger charge is 2.41. The summed E-state index contributed by atoms with van der Waals surface area (Å²) in [6.07, 6.45) is -16.4. The van der Waals surface area contributed by atoms with Crippen molar-refractivity contribution in [3.8, 4) is 0 Å². The lowest BCUT2D eigenvalue weighted by molar-refractivity contribution is -0.143. The van der Waals surface area contributed by atoms with Crippen LogP contribution in [0.1, 0.15) is 37.4 Å². The summed E-state index contributed by atoms with van der Waals surface area (Å²) in [5.74, 6) is -2.17. The molecule has 0 amide bonds. The fourth-order valence-corrected chi connectivity index (χ4v) is 3.45. The van der Waals surface area contributed by atoms with Crippen LogP contribution < -0.4 is 0 Å². The van der Waals surface area contributed by atoms with Gasteiger partial charge in [-0.15, -0.1) is 0 Å². The number of carbonyl (C=O) groups excluding carboxylic acids is 2. The monoisotopic (exact) mass is 520 g/mol. The number of alkyl halides is 9. The van der Waals surface area contributed by atoms with Crippen LogP contribution in [0.3, 0.4) is 0 Å². The van der Waals surface area contributed by atoms with Crippen molar-refractivity contribution in [3.05, 3.63) is 88.5 Å². The summed E-state index contributed by atoms with van der Waals surface area (Å²) in [6, 6.07) is 7.15. The smallest absolute Gasteiger partial charge is 0.417 e. The molecule has 0 fully saturated rings. The van der Waals surface area contributed by atoms with Crippen LogP contribution in [0.15, 0.2) is 60.7 Å². The number of methoxy groups -OCH3 is 1. The number of hydrogen-bond donors (Lipinski definition) is 0. The summed E-state index contributed by atoms with van der Waals surface area (Å²) < 4.78 is 125. The highest BCUT2D eigenvalue weighted by atomic mass is 19.4. The Kier molecular flexibility index (Phi) is 6.93. The molecule has 0 radical (unpaired) electrons. The Bertz CT molecular complexity index is 1330. The second-order valence-electron chi connectivity index (χ2n) is 7.41. The number of halogens is 9. The Labute approximate surface area is 196 Å². The van der Waals surface area contributed by atoms with Gasteiger partial charge in [0.15, 0.2) is 5.78 Å². The molecule has 0 heterocycles. The average Bonchev–Trinajstić information content (AvgIpc) is 2.79. The normalized spacial score (nSPS) is 13.1. The van der Waals surface area contributed by atoms with E-state index in [1.165, 1.54) is 24.3 Å². The Morgan fingerprint density at radius 1 is 0.722 bits per heavy atom. The average molecular weight is 520 g/mol. The number of hydrogen-bond acceptors (Lipinski definition) is 3. The maximum absolute atomic E-state index is 13.8. The van der Waals surface area contributed by atoms with Gasteiger partial charge in [0.1, 0.15) is 0 Å². The van der Waals surface area contributed by atoms with Gasteiger partial charge >= 0.3 is 24.5 Å². The largest absolute Gasteiger partial charge is 0.465 e. The summed E-state index contributed by atoms with van der Waals surface area (Å²) in [5.41, 5.74) is -7.83. The van der Waals surface area contributed by atoms with Crippen molar-refractivity contribution in [2.75, 3.05) is 7.11 Å². The highest BCUT2D eigenvalue weighted by Crippen LogP contribution is 2.41. The molecule has 0 atom stereocenters. The molecular formula is C24H13F9O3. The zero-order valence-corrected chi connectivity index (χ0v) is 17.9. The Morgan fingerprint density at radius 3 is 1.64 bits per heavy atom. The predicted molar refractivity (Wildman–Crippen MR) is 110 cm³/mol. The van der Waals surface area contributed by atoms with Gasteiger partial charge in [-0.05, 0) is 52.7 Å². The van der Waals surface area contributed by atoms with Crippen LogP contribution in [0.25, 0.3) is 16.3 Å². The van der Waals surface area contributed by atoms with Gasteiger partial charge < -0.3 is 4.74 Å². The molecule has 3 rings (SSSR count). The van der Waals surface area contributed by atoms with Gasteiger partial charge in [0, 0.05) is 5.56 Å². The molecule has 0 N–H and O–H groups in total. The van der Waals surface area contributed by atoms with Crippen molar-refractivity contribution in [2.45, 2.75) is 18.5 Å². The molecule has 3 nitrogen and oxygen atoms in total. The van der Waals surface area contributed by atoms with Crippen LogP contribution in [0.2, 0.25) is 0 Å². The van der Waals surface area contributed by atoms with Crippen molar-refractivity contribution in [1.29, 1.82) is 0 Å². The van der Waals surface area contributed by atoms with Crippen molar-refractivity contribution in [3.63, 3.8) is 0 Å². The van der Waals surface area contributed by atoms with Gasteiger partial charge in [-0.3, -0.25) is 4.79 Å².